The van der Waals surface area contributed by atoms with Gasteiger partial charge in [0.15, 0.2) is 11.6 Å². The zero-order chi connectivity index (χ0) is 15.7. The molecule has 0 heterocycles. The van der Waals surface area contributed by atoms with Crippen LogP contribution in [0.1, 0.15) is 45.2 Å². The Kier molecular flexibility index (Phi) is 3.59. The van der Waals surface area contributed by atoms with E-state index < -0.39 is 0 Å². The first-order valence-electron chi connectivity index (χ1n) is 7.14. The normalized spacial score (nSPS) is 14.0. The van der Waals surface area contributed by atoms with E-state index in [9.17, 15) is 14.4 Å². The molecule has 0 saturated carbocycles. The first-order chi connectivity index (χ1) is 10.6. The lowest BCUT2D eigenvalue weighted by Gasteiger charge is -2.19. The monoisotopic (exact) mass is 293 g/mol. The van der Waals surface area contributed by atoms with Gasteiger partial charge in [-0.1, -0.05) is 24.3 Å². The van der Waals surface area contributed by atoms with Crippen molar-refractivity contribution >= 4 is 23.5 Å². The Hall–Kier alpha value is -2.75. The van der Waals surface area contributed by atoms with Crippen LogP contribution in [0.15, 0.2) is 42.5 Å². The van der Waals surface area contributed by atoms with Gasteiger partial charge in [0.2, 0.25) is 0 Å². The van der Waals surface area contributed by atoms with Crippen molar-refractivity contribution in [3.63, 3.8) is 0 Å². The van der Waals surface area contributed by atoms with Crippen molar-refractivity contribution in [3.8, 4) is 0 Å². The highest BCUT2D eigenvalue weighted by Crippen LogP contribution is 2.29. The first kappa shape index (κ1) is 14.2. The summed E-state index contributed by atoms with van der Waals surface area (Å²) in [5, 5.41) is 3.16. The second-order valence-electron chi connectivity index (χ2n) is 5.41. The molecule has 1 unspecified atom stereocenters. The maximum absolute atomic E-state index is 12.6. The van der Waals surface area contributed by atoms with E-state index in [-0.39, 0.29) is 17.6 Å². The molecule has 0 spiro atoms. The molecule has 1 aliphatic rings. The molecule has 2 aromatic rings. The highest BCUT2D eigenvalue weighted by atomic mass is 16.1. The number of carbonyl (C=O) groups excluding carboxylic acids is 3. The number of carbonyl (C=O) groups is 3. The molecule has 1 atom stereocenters. The van der Waals surface area contributed by atoms with E-state index >= 15 is 0 Å². The Morgan fingerprint density at radius 3 is 2.18 bits per heavy atom. The summed E-state index contributed by atoms with van der Waals surface area (Å²) in [6, 6.07) is 11.9. The van der Waals surface area contributed by atoms with Crippen molar-refractivity contribution in [1.29, 1.82) is 0 Å². The number of rotatable bonds is 4. The van der Waals surface area contributed by atoms with Crippen molar-refractivity contribution in [3.05, 3.63) is 64.7 Å². The predicted octanol–water partition coefficient (Wildman–Crippen LogP) is 2.85. The van der Waals surface area contributed by atoms with Crippen LogP contribution in [0.2, 0.25) is 0 Å². The van der Waals surface area contributed by atoms with Gasteiger partial charge in [0.25, 0.3) is 0 Å². The minimum Gasteiger partial charge on any atom is -0.382 e. The van der Waals surface area contributed by atoms with Crippen molar-refractivity contribution in [2.75, 3.05) is 5.32 Å². The Balaban J connectivity index is 2.01. The van der Waals surface area contributed by atoms with Crippen molar-refractivity contribution in [2.45, 2.75) is 19.4 Å². The van der Waals surface area contributed by atoms with Gasteiger partial charge in [0, 0.05) is 40.4 Å². The van der Waals surface area contributed by atoms with Gasteiger partial charge in [-0.3, -0.25) is 9.59 Å². The number of anilines is 1. The third-order valence-corrected chi connectivity index (χ3v) is 3.79. The summed E-state index contributed by atoms with van der Waals surface area (Å²) in [7, 11) is 0. The van der Waals surface area contributed by atoms with Crippen LogP contribution in [0.4, 0.5) is 5.69 Å². The fourth-order valence-electron chi connectivity index (χ4n) is 2.68. The molecule has 1 N–H and O–H groups in total. The molecule has 1 aliphatic carbocycles. The molecule has 0 aliphatic heterocycles. The number of benzene rings is 2. The Bertz CT molecular complexity index is 780. The molecular formula is C18H15NO3. The van der Waals surface area contributed by atoms with Gasteiger partial charge >= 0.3 is 0 Å². The average Bonchev–Trinajstić information content (AvgIpc) is 2.53. The maximum atomic E-state index is 12.6. The smallest absolute Gasteiger partial charge is 0.194 e. The van der Waals surface area contributed by atoms with Crippen LogP contribution in [0.5, 0.6) is 0 Å². The molecule has 2 aromatic carbocycles. The first-order valence-corrected chi connectivity index (χ1v) is 7.14. The van der Waals surface area contributed by atoms with Crippen molar-refractivity contribution in [2.24, 2.45) is 0 Å². The highest BCUT2D eigenvalue weighted by molar-refractivity contribution is 6.28. The molecular weight excluding hydrogens is 278 g/mol. The van der Waals surface area contributed by atoms with E-state index in [0.29, 0.717) is 28.7 Å². The fourth-order valence-corrected chi connectivity index (χ4v) is 2.68. The molecule has 110 valence electrons. The molecule has 0 aromatic heterocycles. The van der Waals surface area contributed by atoms with E-state index in [0.717, 1.165) is 12.0 Å². The Morgan fingerprint density at radius 1 is 0.955 bits per heavy atom. The van der Waals surface area contributed by atoms with Crippen LogP contribution < -0.4 is 5.32 Å². The van der Waals surface area contributed by atoms with Gasteiger partial charge in [-0.15, -0.1) is 0 Å². The van der Waals surface area contributed by atoms with E-state index in [1.807, 2.05) is 6.92 Å². The van der Waals surface area contributed by atoms with Crippen molar-refractivity contribution < 1.29 is 14.4 Å². The number of ketones is 2. The summed E-state index contributed by atoms with van der Waals surface area (Å²) in [6.45, 7) is 1.89. The molecule has 0 fully saturated rings. The van der Waals surface area contributed by atoms with Crippen LogP contribution in [0, 0.1) is 0 Å². The molecule has 22 heavy (non-hydrogen) atoms. The molecule has 0 amide bonds. The second-order valence-corrected chi connectivity index (χ2v) is 5.41. The molecule has 4 nitrogen and oxygen atoms in total. The van der Waals surface area contributed by atoms with Crippen LogP contribution in [-0.2, 0) is 4.79 Å². The van der Waals surface area contributed by atoms with Crippen LogP contribution in [0.25, 0.3) is 0 Å². The van der Waals surface area contributed by atoms with E-state index in [4.69, 9.17) is 0 Å². The second kappa shape index (κ2) is 5.56. The molecule has 0 bridgehead atoms. The number of hydrogen-bond acceptors (Lipinski definition) is 4. The lowest BCUT2D eigenvalue weighted by molar-refractivity contribution is -0.107. The topological polar surface area (TPSA) is 63.2 Å². The van der Waals surface area contributed by atoms with Gasteiger partial charge in [-0.05, 0) is 25.1 Å². The van der Waals surface area contributed by atoms with Gasteiger partial charge in [-0.25, -0.2) is 0 Å². The van der Waals surface area contributed by atoms with Gasteiger partial charge in [0.1, 0.15) is 6.29 Å². The average molecular weight is 293 g/mol. The van der Waals surface area contributed by atoms with Crippen LogP contribution >= 0.6 is 0 Å². The lowest BCUT2D eigenvalue weighted by Crippen LogP contribution is -2.22. The summed E-state index contributed by atoms with van der Waals surface area (Å²) in [5.41, 5.74) is 2.46. The van der Waals surface area contributed by atoms with Crippen molar-refractivity contribution in [1.82, 2.24) is 0 Å². The molecule has 3 rings (SSSR count). The summed E-state index contributed by atoms with van der Waals surface area (Å²) in [4.78, 5) is 35.6. The fraction of sp³-hybridized carbons (Fsp3) is 0.167. The number of hydrogen-bond donors (Lipinski definition) is 1. The minimum absolute atomic E-state index is 0.0303. The summed E-state index contributed by atoms with van der Waals surface area (Å²) < 4.78 is 0. The standard InChI is InChI=1S/C18H15NO3/c1-11(8-9-20)19-12-6-7-15-16(10-12)18(22)14-5-3-2-4-13(14)17(15)21/h2-7,9-11,19H,8H2,1H3. The number of fused-ring (bicyclic) bond motifs is 2. The third kappa shape index (κ3) is 2.33. The van der Waals surface area contributed by atoms with E-state index in [2.05, 4.69) is 5.32 Å². The minimum atomic E-state index is -0.142. The summed E-state index contributed by atoms with van der Waals surface area (Å²) >= 11 is 0. The Labute approximate surface area is 128 Å². The molecule has 0 radical (unpaired) electrons. The number of aldehydes is 1. The zero-order valence-corrected chi connectivity index (χ0v) is 12.1. The zero-order valence-electron chi connectivity index (χ0n) is 12.1. The van der Waals surface area contributed by atoms with Gasteiger partial charge in [0.05, 0.1) is 0 Å². The van der Waals surface area contributed by atoms with E-state index in [1.54, 1.807) is 42.5 Å². The van der Waals surface area contributed by atoms with Crippen LogP contribution in [0.3, 0.4) is 0 Å². The molecule has 4 heteroatoms. The van der Waals surface area contributed by atoms with Gasteiger partial charge < -0.3 is 10.1 Å². The predicted molar refractivity (Wildman–Crippen MR) is 83.5 cm³/mol. The summed E-state index contributed by atoms with van der Waals surface area (Å²) in [5.74, 6) is -0.269. The highest BCUT2D eigenvalue weighted by Gasteiger charge is 2.29. The SMILES string of the molecule is CC(CC=O)Nc1ccc2c(c1)C(=O)c1ccccc1C2=O. The Morgan fingerprint density at radius 2 is 1.55 bits per heavy atom. The molecule has 0 saturated heterocycles. The van der Waals surface area contributed by atoms with Gasteiger partial charge in [-0.2, -0.15) is 0 Å². The maximum Gasteiger partial charge on any atom is 0.194 e. The van der Waals surface area contributed by atoms with Crippen LogP contribution in [-0.4, -0.2) is 23.9 Å². The van der Waals surface area contributed by atoms with E-state index in [1.165, 1.54) is 0 Å². The largest absolute Gasteiger partial charge is 0.382 e. The number of nitrogens with one attached hydrogen (secondary N) is 1. The summed E-state index contributed by atoms with van der Waals surface area (Å²) in [6.07, 6.45) is 1.23. The lowest BCUT2D eigenvalue weighted by atomic mass is 9.84. The third-order valence-electron chi connectivity index (χ3n) is 3.79. The quantitative estimate of drug-likeness (QED) is 0.751.